The standard InChI is InChI=1S/C16H24N2O2/c1-11-7-12(2)9-15(8-11)20-14-5-3-13(4-6-14)10-16(17)18-19/h3-6,11-12,15,19H,7-10H2,1-2H3,(H2,17,18). The first kappa shape index (κ1) is 14.7. The van der Waals surface area contributed by atoms with E-state index >= 15 is 0 Å². The van der Waals surface area contributed by atoms with Crippen LogP contribution in [0.5, 0.6) is 5.75 Å². The van der Waals surface area contributed by atoms with Gasteiger partial charge in [-0.25, -0.2) is 0 Å². The SMILES string of the molecule is CC1CC(C)CC(Oc2ccc(CC(N)=NO)cc2)C1. The molecule has 4 heteroatoms. The van der Waals surface area contributed by atoms with E-state index in [2.05, 4.69) is 19.0 Å². The lowest BCUT2D eigenvalue weighted by atomic mass is 9.82. The summed E-state index contributed by atoms with van der Waals surface area (Å²) in [6.07, 6.45) is 4.35. The highest BCUT2D eigenvalue weighted by molar-refractivity contribution is 5.82. The monoisotopic (exact) mass is 276 g/mol. The lowest BCUT2D eigenvalue weighted by Crippen LogP contribution is -2.28. The van der Waals surface area contributed by atoms with Gasteiger partial charge < -0.3 is 15.7 Å². The van der Waals surface area contributed by atoms with Crippen LogP contribution in [0, 0.1) is 11.8 Å². The van der Waals surface area contributed by atoms with E-state index in [0.717, 1.165) is 36.0 Å². The van der Waals surface area contributed by atoms with Gasteiger partial charge in [0.15, 0.2) is 0 Å². The van der Waals surface area contributed by atoms with Crippen molar-refractivity contribution < 1.29 is 9.94 Å². The first-order valence-electron chi connectivity index (χ1n) is 7.28. The number of nitrogens with two attached hydrogens (primary N) is 1. The number of rotatable bonds is 4. The Labute approximate surface area is 120 Å². The Morgan fingerprint density at radius 2 is 1.80 bits per heavy atom. The number of benzene rings is 1. The highest BCUT2D eigenvalue weighted by Crippen LogP contribution is 2.31. The smallest absolute Gasteiger partial charge is 0.143 e. The Morgan fingerprint density at radius 1 is 1.20 bits per heavy atom. The average molecular weight is 276 g/mol. The van der Waals surface area contributed by atoms with Crippen LogP contribution in [-0.4, -0.2) is 17.1 Å². The summed E-state index contributed by atoms with van der Waals surface area (Å²) in [5, 5.41) is 11.5. The maximum Gasteiger partial charge on any atom is 0.143 e. The third-order valence-corrected chi connectivity index (χ3v) is 3.88. The summed E-state index contributed by atoms with van der Waals surface area (Å²) >= 11 is 0. The lowest BCUT2D eigenvalue weighted by Gasteiger charge is -2.31. The molecule has 0 heterocycles. The second-order valence-electron chi connectivity index (χ2n) is 6.07. The van der Waals surface area contributed by atoms with Crippen LogP contribution in [0.3, 0.4) is 0 Å². The van der Waals surface area contributed by atoms with Gasteiger partial charge in [-0.05, 0) is 48.8 Å². The van der Waals surface area contributed by atoms with Crippen molar-refractivity contribution in [2.75, 3.05) is 0 Å². The molecular formula is C16H24N2O2. The molecule has 0 bridgehead atoms. The van der Waals surface area contributed by atoms with Gasteiger partial charge >= 0.3 is 0 Å². The van der Waals surface area contributed by atoms with Crippen LogP contribution in [0.2, 0.25) is 0 Å². The van der Waals surface area contributed by atoms with E-state index in [0.29, 0.717) is 12.5 Å². The van der Waals surface area contributed by atoms with E-state index in [9.17, 15) is 0 Å². The minimum Gasteiger partial charge on any atom is -0.490 e. The molecule has 2 rings (SSSR count). The van der Waals surface area contributed by atoms with Gasteiger partial charge in [0.1, 0.15) is 11.6 Å². The van der Waals surface area contributed by atoms with Crippen LogP contribution < -0.4 is 10.5 Å². The van der Waals surface area contributed by atoms with Crippen molar-refractivity contribution in [1.82, 2.24) is 0 Å². The van der Waals surface area contributed by atoms with Gasteiger partial charge in [-0.15, -0.1) is 0 Å². The van der Waals surface area contributed by atoms with Gasteiger partial charge in [0.05, 0.1) is 6.10 Å². The normalized spacial score (nSPS) is 27.3. The summed E-state index contributed by atoms with van der Waals surface area (Å²) in [7, 11) is 0. The van der Waals surface area contributed by atoms with Gasteiger partial charge in [0, 0.05) is 6.42 Å². The van der Waals surface area contributed by atoms with Crippen molar-refractivity contribution in [2.24, 2.45) is 22.7 Å². The second kappa shape index (κ2) is 6.64. The second-order valence-corrected chi connectivity index (χ2v) is 6.07. The molecule has 110 valence electrons. The van der Waals surface area contributed by atoms with Crippen molar-refractivity contribution in [3.63, 3.8) is 0 Å². The molecule has 1 saturated carbocycles. The Balaban J connectivity index is 1.93. The zero-order valence-electron chi connectivity index (χ0n) is 12.2. The van der Waals surface area contributed by atoms with Gasteiger partial charge in [0.25, 0.3) is 0 Å². The third kappa shape index (κ3) is 4.15. The summed E-state index contributed by atoms with van der Waals surface area (Å²) in [5.74, 6) is 2.60. The molecule has 4 nitrogen and oxygen atoms in total. The number of amidine groups is 1. The topological polar surface area (TPSA) is 67.8 Å². The van der Waals surface area contributed by atoms with Crippen molar-refractivity contribution in [1.29, 1.82) is 0 Å². The molecule has 1 aromatic carbocycles. The van der Waals surface area contributed by atoms with Crippen LogP contribution in [0.1, 0.15) is 38.7 Å². The van der Waals surface area contributed by atoms with Crippen molar-refractivity contribution in [3.8, 4) is 5.75 Å². The molecule has 0 amide bonds. The Hall–Kier alpha value is -1.71. The van der Waals surface area contributed by atoms with E-state index in [1.54, 1.807) is 0 Å². The number of ether oxygens (including phenoxy) is 1. The van der Waals surface area contributed by atoms with E-state index in [4.69, 9.17) is 15.7 Å². The van der Waals surface area contributed by atoms with Crippen LogP contribution in [0.15, 0.2) is 29.4 Å². The summed E-state index contributed by atoms with van der Waals surface area (Å²) in [4.78, 5) is 0. The van der Waals surface area contributed by atoms with Gasteiger partial charge in [0.2, 0.25) is 0 Å². The predicted octanol–water partition coefficient (Wildman–Crippen LogP) is 3.18. The molecule has 2 atom stereocenters. The average Bonchev–Trinajstić information content (AvgIpc) is 2.39. The fraction of sp³-hybridized carbons (Fsp3) is 0.562. The maximum absolute atomic E-state index is 8.55. The molecule has 0 aromatic heterocycles. The number of hydrogen-bond acceptors (Lipinski definition) is 3. The third-order valence-electron chi connectivity index (χ3n) is 3.88. The summed E-state index contributed by atoms with van der Waals surface area (Å²) in [6, 6.07) is 7.85. The van der Waals surface area contributed by atoms with Gasteiger partial charge in [-0.2, -0.15) is 0 Å². The molecule has 0 saturated heterocycles. The van der Waals surface area contributed by atoms with Crippen LogP contribution in [0.25, 0.3) is 0 Å². The fourth-order valence-electron chi connectivity index (χ4n) is 3.09. The zero-order valence-corrected chi connectivity index (χ0v) is 12.2. The molecule has 1 aliphatic carbocycles. The lowest BCUT2D eigenvalue weighted by molar-refractivity contribution is 0.101. The van der Waals surface area contributed by atoms with Crippen LogP contribution >= 0.6 is 0 Å². The zero-order chi connectivity index (χ0) is 14.5. The molecule has 3 N–H and O–H groups in total. The molecule has 1 fully saturated rings. The highest BCUT2D eigenvalue weighted by atomic mass is 16.5. The molecule has 1 aliphatic rings. The van der Waals surface area contributed by atoms with Crippen LogP contribution in [-0.2, 0) is 6.42 Å². The molecule has 0 aliphatic heterocycles. The van der Waals surface area contributed by atoms with Crippen LogP contribution in [0.4, 0.5) is 0 Å². The summed E-state index contributed by atoms with van der Waals surface area (Å²) in [5.41, 5.74) is 6.50. The number of nitrogens with zero attached hydrogens (tertiary/aromatic N) is 1. The minimum absolute atomic E-state index is 0.216. The van der Waals surface area contributed by atoms with Crippen molar-refractivity contribution in [3.05, 3.63) is 29.8 Å². The fourth-order valence-corrected chi connectivity index (χ4v) is 3.09. The minimum atomic E-state index is 0.216. The molecule has 0 spiro atoms. The quantitative estimate of drug-likeness (QED) is 0.384. The predicted molar refractivity (Wildman–Crippen MR) is 80.1 cm³/mol. The van der Waals surface area contributed by atoms with E-state index in [1.165, 1.54) is 6.42 Å². The maximum atomic E-state index is 8.55. The summed E-state index contributed by atoms with van der Waals surface area (Å²) in [6.45, 7) is 4.60. The van der Waals surface area contributed by atoms with Crippen molar-refractivity contribution in [2.45, 2.75) is 45.6 Å². The Bertz CT molecular complexity index is 446. The van der Waals surface area contributed by atoms with E-state index in [-0.39, 0.29) is 5.84 Å². The van der Waals surface area contributed by atoms with E-state index < -0.39 is 0 Å². The first-order chi connectivity index (χ1) is 9.56. The van der Waals surface area contributed by atoms with E-state index in [1.807, 2.05) is 24.3 Å². The molecular weight excluding hydrogens is 252 g/mol. The summed E-state index contributed by atoms with van der Waals surface area (Å²) < 4.78 is 6.07. The Kier molecular flexibility index (Phi) is 4.88. The largest absolute Gasteiger partial charge is 0.490 e. The molecule has 20 heavy (non-hydrogen) atoms. The molecule has 2 unspecified atom stereocenters. The molecule has 1 aromatic rings. The first-order valence-corrected chi connectivity index (χ1v) is 7.28. The highest BCUT2D eigenvalue weighted by Gasteiger charge is 2.25. The number of hydrogen-bond donors (Lipinski definition) is 2. The van der Waals surface area contributed by atoms with Crippen molar-refractivity contribution >= 4 is 5.84 Å². The van der Waals surface area contributed by atoms with Gasteiger partial charge in [-0.1, -0.05) is 31.1 Å². The number of oxime groups is 1. The van der Waals surface area contributed by atoms with Gasteiger partial charge in [-0.3, -0.25) is 0 Å². The molecule has 0 radical (unpaired) electrons. The Morgan fingerprint density at radius 3 is 2.35 bits per heavy atom.